The van der Waals surface area contributed by atoms with Crippen molar-refractivity contribution in [3.8, 4) is 22.8 Å². The van der Waals surface area contributed by atoms with E-state index in [1.165, 1.54) is 13.2 Å². The predicted octanol–water partition coefficient (Wildman–Crippen LogP) is 3.12. The second-order valence-corrected chi connectivity index (χ2v) is 8.78. The number of fused-ring (bicyclic) bond motifs is 1. The van der Waals surface area contributed by atoms with Crippen molar-refractivity contribution in [3.63, 3.8) is 0 Å². The van der Waals surface area contributed by atoms with Crippen LogP contribution in [-0.2, 0) is 0 Å². The minimum atomic E-state index is -0.484. The van der Waals surface area contributed by atoms with Crippen molar-refractivity contribution in [2.75, 3.05) is 45.2 Å². The summed E-state index contributed by atoms with van der Waals surface area (Å²) in [6.45, 7) is 3.95. The van der Waals surface area contributed by atoms with Crippen molar-refractivity contribution in [2.45, 2.75) is 5.92 Å². The first kappa shape index (κ1) is 20.0. The first-order valence-corrected chi connectivity index (χ1v) is 11.1. The van der Waals surface area contributed by atoms with Gasteiger partial charge in [-0.05, 0) is 18.2 Å². The zero-order chi connectivity index (χ0) is 22.5. The first-order chi connectivity index (χ1) is 16.1. The number of hydrogen-bond donors (Lipinski definition) is 3. The Morgan fingerprint density at radius 1 is 1.27 bits per heavy atom. The molecule has 4 aliphatic heterocycles. The van der Waals surface area contributed by atoms with Gasteiger partial charge in [-0.15, -0.1) is 0 Å². The van der Waals surface area contributed by atoms with Gasteiger partial charge in [0.05, 0.1) is 42.5 Å². The Kier molecular flexibility index (Phi) is 4.72. The van der Waals surface area contributed by atoms with Gasteiger partial charge in [-0.1, -0.05) is 6.07 Å². The average molecular weight is 449 g/mol. The lowest BCUT2D eigenvalue weighted by atomic mass is 9.93. The van der Waals surface area contributed by atoms with E-state index in [4.69, 9.17) is 9.47 Å². The van der Waals surface area contributed by atoms with E-state index in [1.54, 1.807) is 24.5 Å². The molecule has 3 aromatic rings. The number of nitrogens with one attached hydrogen (secondary N) is 3. The molecule has 170 valence electrons. The van der Waals surface area contributed by atoms with E-state index in [1.807, 2.05) is 6.07 Å². The van der Waals surface area contributed by atoms with Crippen molar-refractivity contribution in [3.05, 3.63) is 53.7 Å². The highest BCUT2D eigenvalue weighted by Crippen LogP contribution is 2.44. The van der Waals surface area contributed by atoms with Gasteiger partial charge in [0.2, 0.25) is 0 Å². The summed E-state index contributed by atoms with van der Waals surface area (Å²) < 4.78 is 25.9. The molecule has 3 N–H and O–H groups in total. The molecular weight excluding hydrogens is 425 g/mol. The number of para-hydroxylation sites is 1. The van der Waals surface area contributed by atoms with E-state index in [0.29, 0.717) is 47.5 Å². The minimum absolute atomic E-state index is 0.0854. The van der Waals surface area contributed by atoms with Crippen LogP contribution in [0.4, 0.5) is 15.8 Å². The summed E-state index contributed by atoms with van der Waals surface area (Å²) in [5, 5.41) is 6.33. The van der Waals surface area contributed by atoms with Gasteiger partial charge in [-0.3, -0.25) is 9.78 Å². The Labute approximate surface area is 190 Å². The third kappa shape index (κ3) is 3.31. The summed E-state index contributed by atoms with van der Waals surface area (Å²) in [6, 6.07) is 6.53. The van der Waals surface area contributed by atoms with Crippen molar-refractivity contribution >= 4 is 17.3 Å². The van der Waals surface area contributed by atoms with Gasteiger partial charge in [0, 0.05) is 55.5 Å². The second kappa shape index (κ2) is 7.77. The van der Waals surface area contributed by atoms with Gasteiger partial charge in [-0.25, -0.2) is 4.39 Å². The summed E-state index contributed by atoms with van der Waals surface area (Å²) in [7, 11) is 1.42. The lowest BCUT2D eigenvalue weighted by molar-refractivity contribution is 0.0551. The molecule has 8 nitrogen and oxygen atoms in total. The fraction of sp³-hybridized carbons (Fsp3) is 0.333. The van der Waals surface area contributed by atoms with E-state index in [-0.39, 0.29) is 17.6 Å². The molecule has 7 rings (SSSR count). The fourth-order valence-electron chi connectivity index (χ4n) is 5.05. The van der Waals surface area contributed by atoms with E-state index in [2.05, 4.69) is 25.5 Å². The smallest absolute Gasteiger partial charge is 0.255 e. The molecule has 1 atom stereocenters. The van der Waals surface area contributed by atoms with Crippen molar-refractivity contribution < 1.29 is 18.7 Å². The van der Waals surface area contributed by atoms with Gasteiger partial charge >= 0.3 is 0 Å². The number of benzene rings is 1. The average Bonchev–Trinajstić information content (AvgIpc) is 3.16. The van der Waals surface area contributed by atoms with Gasteiger partial charge in [0.1, 0.15) is 5.75 Å². The van der Waals surface area contributed by atoms with E-state index in [0.717, 1.165) is 30.9 Å². The summed E-state index contributed by atoms with van der Waals surface area (Å²) in [4.78, 5) is 23.3. The van der Waals surface area contributed by atoms with Crippen LogP contribution in [0.5, 0.6) is 11.5 Å². The molecule has 4 aliphatic rings. The molecule has 0 spiro atoms. The number of aromatic amines is 1. The molecule has 9 heteroatoms. The number of anilines is 2. The fourth-order valence-corrected chi connectivity index (χ4v) is 5.05. The zero-order valence-electron chi connectivity index (χ0n) is 18.2. The third-order valence-corrected chi connectivity index (χ3v) is 6.64. The van der Waals surface area contributed by atoms with Crippen molar-refractivity contribution in [2.24, 2.45) is 5.92 Å². The van der Waals surface area contributed by atoms with Crippen LogP contribution < -0.4 is 20.1 Å². The summed E-state index contributed by atoms with van der Waals surface area (Å²) in [6.07, 6.45) is 3.39. The highest BCUT2D eigenvalue weighted by Gasteiger charge is 2.37. The number of hydrogen-bond acceptors (Lipinski definition) is 6. The van der Waals surface area contributed by atoms with Crippen molar-refractivity contribution in [1.29, 1.82) is 0 Å². The summed E-state index contributed by atoms with van der Waals surface area (Å²) >= 11 is 0. The Morgan fingerprint density at radius 2 is 2.15 bits per heavy atom. The minimum Gasteiger partial charge on any atom is -0.492 e. The number of halogens is 1. The Bertz CT molecular complexity index is 1240. The topological polar surface area (TPSA) is 91.5 Å². The molecule has 0 aliphatic carbocycles. The number of aromatic nitrogens is 2. The van der Waals surface area contributed by atoms with Crippen LogP contribution in [0, 0.1) is 11.7 Å². The Balaban J connectivity index is 1.56. The SMILES string of the molecule is COc1c(F)cccc1Nc1c2[nH]c3c1C(=O)NC[C@@H]3CN1CC(COc3cnccc3-2)C1. The molecule has 0 radical (unpaired) electrons. The highest BCUT2D eigenvalue weighted by atomic mass is 19.1. The van der Waals surface area contributed by atoms with Crippen LogP contribution in [0.1, 0.15) is 22.0 Å². The largest absolute Gasteiger partial charge is 0.492 e. The quantitative estimate of drug-likeness (QED) is 0.569. The Hall–Kier alpha value is -3.59. The molecule has 1 aromatic carbocycles. The van der Waals surface area contributed by atoms with Gasteiger partial charge in [0.15, 0.2) is 11.6 Å². The van der Waals surface area contributed by atoms with Crippen LogP contribution >= 0.6 is 0 Å². The maximum atomic E-state index is 14.4. The van der Waals surface area contributed by atoms with Crippen LogP contribution in [-0.4, -0.2) is 60.7 Å². The predicted molar refractivity (Wildman–Crippen MR) is 121 cm³/mol. The maximum absolute atomic E-state index is 14.4. The van der Waals surface area contributed by atoms with E-state index < -0.39 is 5.82 Å². The molecule has 0 unspecified atom stereocenters. The number of nitrogens with zero attached hydrogens (tertiary/aromatic N) is 2. The number of carbonyl (C=O) groups excluding carboxylic acids is 1. The summed E-state index contributed by atoms with van der Waals surface area (Å²) in [5.74, 6) is 0.658. The maximum Gasteiger partial charge on any atom is 0.255 e. The molecule has 1 fully saturated rings. The Morgan fingerprint density at radius 3 is 3.00 bits per heavy atom. The lowest BCUT2D eigenvalue weighted by Crippen LogP contribution is -2.52. The zero-order valence-corrected chi connectivity index (χ0v) is 18.2. The molecule has 4 bridgehead atoms. The van der Waals surface area contributed by atoms with Gasteiger partial charge in [-0.2, -0.15) is 0 Å². The standard InChI is InChI=1S/C24H24FN5O3/c1-32-23-16(25)3-2-4-17(23)28-22-19-20-14(7-27-24(19)31)11-30-9-13(10-30)12-33-18-8-26-6-5-15(18)21(22)29-20/h2-6,8,13-14,28-29H,7,9-12H2,1H3,(H,27,31)/t14-/m1/s1. The third-order valence-electron chi connectivity index (χ3n) is 6.64. The van der Waals surface area contributed by atoms with Crippen LogP contribution in [0.25, 0.3) is 11.3 Å². The lowest BCUT2D eigenvalue weighted by Gasteiger charge is -2.41. The van der Waals surface area contributed by atoms with Crippen LogP contribution in [0.3, 0.4) is 0 Å². The van der Waals surface area contributed by atoms with Crippen LogP contribution in [0.2, 0.25) is 0 Å². The number of rotatable bonds is 3. The summed E-state index contributed by atoms with van der Waals surface area (Å²) in [5.41, 5.74) is 3.90. The monoisotopic (exact) mass is 449 g/mol. The molecular formula is C24H24FN5O3. The normalized spacial score (nSPS) is 23.1. The van der Waals surface area contributed by atoms with Crippen LogP contribution in [0.15, 0.2) is 36.7 Å². The number of methoxy groups -OCH3 is 1. The van der Waals surface area contributed by atoms with Gasteiger partial charge in [0.25, 0.3) is 5.91 Å². The van der Waals surface area contributed by atoms with E-state index >= 15 is 0 Å². The number of amides is 1. The number of H-pyrrole nitrogens is 1. The first-order valence-electron chi connectivity index (χ1n) is 11.1. The molecule has 6 heterocycles. The molecule has 1 amide bonds. The molecule has 0 saturated carbocycles. The second-order valence-electron chi connectivity index (χ2n) is 8.78. The van der Waals surface area contributed by atoms with Gasteiger partial charge < -0.3 is 30.0 Å². The molecule has 1 saturated heterocycles. The van der Waals surface area contributed by atoms with E-state index in [9.17, 15) is 9.18 Å². The van der Waals surface area contributed by atoms with Crippen molar-refractivity contribution in [1.82, 2.24) is 20.2 Å². The molecule has 2 aromatic heterocycles. The molecule has 33 heavy (non-hydrogen) atoms. The number of ether oxygens (including phenoxy) is 2. The number of carbonyl (C=O) groups is 1. The highest BCUT2D eigenvalue weighted by molar-refractivity contribution is 6.07. The number of pyridine rings is 1.